The lowest BCUT2D eigenvalue weighted by Crippen LogP contribution is -2.08. The van der Waals surface area contributed by atoms with Crippen molar-refractivity contribution in [3.05, 3.63) is 41.5 Å². The Morgan fingerprint density at radius 3 is 2.94 bits per heavy atom. The molecular formula is C12H15FN4O. The molecule has 6 heteroatoms. The summed E-state index contributed by atoms with van der Waals surface area (Å²) in [4.78, 5) is 0. The molecule has 2 aromatic rings. The van der Waals surface area contributed by atoms with E-state index in [2.05, 4.69) is 15.6 Å². The van der Waals surface area contributed by atoms with Crippen molar-refractivity contribution in [1.82, 2.24) is 20.3 Å². The molecule has 1 aromatic heterocycles. The fourth-order valence-corrected chi connectivity index (χ4v) is 1.65. The molecule has 0 aliphatic heterocycles. The van der Waals surface area contributed by atoms with Gasteiger partial charge in [0.1, 0.15) is 12.3 Å². The predicted octanol–water partition coefficient (Wildman–Crippen LogP) is 1.25. The Hall–Kier alpha value is -1.95. The van der Waals surface area contributed by atoms with Gasteiger partial charge in [-0.3, -0.25) is 4.68 Å². The van der Waals surface area contributed by atoms with Crippen LogP contribution in [-0.2, 0) is 20.2 Å². The summed E-state index contributed by atoms with van der Waals surface area (Å²) in [6.45, 7) is 0.749. The van der Waals surface area contributed by atoms with Gasteiger partial charge in [0.15, 0.2) is 11.6 Å². The van der Waals surface area contributed by atoms with E-state index < -0.39 is 0 Å². The van der Waals surface area contributed by atoms with Gasteiger partial charge in [0.2, 0.25) is 0 Å². The van der Waals surface area contributed by atoms with E-state index in [0.717, 1.165) is 5.56 Å². The smallest absolute Gasteiger partial charge is 0.165 e. The molecule has 0 fully saturated rings. The number of rotatable bonds is 5. The van der Waals surface area contributed by atoms with Crippen LogP contribution >= 0.6 is 0 Å². The average Bonchev–Trinajstić information content (AvgIpc) is 2.75. The van der Waals surface area contributed by atoms with E-state index in [1.807, 2.05) is 6.07 Å². The molecule has 0 saturated carbocycles. The zero-order valence-corrected chi connectivity index (χ0v) is 10.4. The van der Waals surface area contributed by atoms with Crippen LogP contribution in [0.25, 0.3) is 0 Å². The van der Waals surface area contributed by atoms with Crippen LogP contribution in [-0.4, -0.2) is 22.0 Å². The summed E-state index contributed by atoms with van der Waals surface area (Å²) in [6, 6.07) is 4.87. The Kier molecular flexibility index (Phi) is 3.88. The van der Waals surface area contributed by atoms with Crippen molar-refractivity contribution >= 4 is 0 Å². The number of nitrogens with one attached hydrogen (secondary N) is 1. The summed E-state index contributed by atoms with van der Waals surface area (Å²) in [6.07, 6.45) is 1.73. The third-order valence-electron chi connectivity index (χ3n) is 2.43. The Bertz CT molecular complexity index is 527. The van der Waals surface area contributed by atoms with E-state index in [1.54, 1.807) is 31.0 Å². The van der Waals surface area contributed by atoms with Gasteiger partial charge >= 0.3 is 0 Å². The summed E-state index contributed by atoms with van der Waals surface area (Å²) in [5.41, 5.74) is 1.44. The van der Waals surface area contributed by atoms with Crippen LogP contribution in [0.2, 0.25) is 0 Å². The third-order valence-corrected chi connectivity index (χ3v) is 2.43. The summed E-state index contributed by atoms with van der Waals surface area (Å²) >= 11 is 0. The summed E-state index contributed by atoms with van der Waals surface area (Å²) in [5, 5.41) is 10.7. The predicted molar refractivity (Wildman–Crippen MR) is 64.5 cm³/mol. The first kappa shape index (κ1) is 12.5. The first-order valence-corrected chi connectivity index (χ1v) is 5.60. The number of nitrogens with zero attached hydrogens (tertiary/aromatic N) is 3. The van der Waals surface area contributed by atoms with E-state index in [4.69, 9.17) is 4.74 Å². The van der Waals surface area contributed by atoms with Crippen LogP contribution in [0.15, 0.2) is 24.4 Å². The quantitative estimate of drug-likeness (QED) is 0.867. The van der Waals surface area contributed by atoms with Crippen molar-refractivity contribution in [2.24, 2.45) is 7.05 Å². The average molecular weight is 250 g/mol. The van der Waals surface area contributed by atoms with E-state index in [-0.39, 0.29) is 18.2 Å². The number of ether oxygens (including phenoxy) is 1. The van der Waals surface area contributed by atoms with Gasteiger partial charge in [-0.1, -0.05) is 17.3 Å². The molecule has 1 heterocycles. The van der Waals surface area contributed by atoms with Gasteiger partial charge in [0, 0.05) is 19.2 Å². The van der Waals surface area contributed by atoms with Gasteiger partial charge < -0.3 is 10.1 Å². The minimum absolute atomic E-state index is 0.200. The summed E-state index contributed by atoms with van der Waals surface area (Å²) in [7, 11) is 3.57. The maximum Gasteiger partial charge on any atom is 0.165 e. The standard InChI is InChI=1S/C12H15FN4O/c1-14-6-9-4-3-5-11(13)12(9)18-8-10-7-17(2)16-15-10/h3-5,7,14H,6,8H2,1-2H3. The molecular weight excluding hydrogens is 235 g/mol. The number of aryl methyl sites for hydroxylation is 1. The molecule has 0 bridgehead atoms. The lowest BCUT2D eigenvalue weighted by Gasteiger charge is -2.10. The normalized spacial score (nSPS) is 10.6. The molecule has 5 nitrogen and oxygen atoms in total. The van der Waals surface area contributed by atoms with Crippen molar-refractivity contribution in [3.63, 3.8) is 0 Å². The highest BCUT2D eigenvalue weighted by atomic mass is 19.1. The van der Waals surface area contributed by atoms with Crippen LogP contribution in [0.4, 0.5) is 4.39 Å². The van der Waals surface area contributed by atoms with Crippen LogP contribution in [0, 0.1) is 5.82 Å². The number of hydrogen-bond donors (Lipinski definition) is 1. The second-order valence-corrected chi connectivity index (χ2v) is 3.93. The Balaban J connectivity index is 2.12. The zero-order chi connectivity index (χ0) is 13.0. The lowest BCUT2D eigenvalue weighted by atomic mass is 10.2. The number of aromatic nitrogens is 3. The van der Waals surface area contributed by atoms with Crippen molar-refractivity contribution < 1.29 is 9.13 Å². The minimum atomic E-state index is -0.369. The molecule has 0 amide bonds. The Morgan fingerprint density at radius 1 is 1.44 bits per heavy atom. The van der Waals surface area contributed by atoms with Gasteiger partial charge in [-0.15, -0.1) is 5.10 Å². The second kappa shape index (κ2) is 5.59. The topological polar surface area (TPSA) is 52.0 Å². The molecule has 0 saturated heterocycles. The Morgan fingerprint density at radius 2 is 2.28 bits per heavy atom. The van der Waals surface area contributed by atoms with E-state index in [0.29, 0.717) is 12.2 Å². The first-order chi connectivity index (χ1) is 8.70. The maximum atomic E-state index is 13.7. The van der Waals surface area contributed by atoms with Gasteiger partial charge in [-0.25, -0.2) is 4.39 Å². The van der Waals surface area contributed by atoms with E-state index in [9.17, 15) is 4.39 Å². The number of benzene rings is 1. The lowest BCUT2D eigenvalue weighted by molar-refractivity contribution is 0.282. The number of halogens is 1. The van der Waals surface area contributed by atoms with E-state index in [1.165, 1.54) is 6.07 Å². The van der Waals surface area contributed by atoms with E-state index >= 15 is 0 Å². The summed E-state index contributed by atoms with van der Waals surface area (Å²) < 4.78 is 20.8. The molecule has 0 unspecified atom stereocenters. The van der Waals surface area contributed by atoms with Crippen LogP contribution in [0.5, 0.6) is 5.75 Å². The number of para-hydroxylation sites is 1. The van der Waals surface area contributed by atoms with Gasteiger partial charge in [-0.05, 0) is 13.1 Å². The van der Waals surface area contributed by atoms with Crippen molar-refractivity contribution in [1.29, 1.82) is 0 Å². The van der Waals surface area contributed by atoms with Crippen LogP contribution < -0.4 is 10.1 Å². The number of hydrogen-bond acceptors (Lipinski definition) is 4. The molecule has 0 aliphatic carbocycles. The molecule has 0 atom stereocenters. The molecule has 2 rings (SSSR count). The molecule has 1 N–H and O–H groups in total. The Labute approximate surface area is 105 Å². The monoisotopic (exact) mass is 250 g/mol. The molecule has 18 heavy (non-hydrogen) atoms. The molecule has 1 aromatic carbocycles. The fraction of sp³-hybridized carbons (Fsp3) is 0.333. The van der Waals surface area contributed by atoms with Crippen molar-refractivity contribution in [2.45, 2.75) is 13.2 Å². The van der Waals surface area contributed by atoms with Gasteiger partial charge in [-0.2, -0.15) is 0 Å². The zero-order valence-electron chi connectivity index (χ0n) is 10.4. The molecule has 0 spiro atoms. The van der Waals surface area contributed by atoms with Crippen LogP contribution in [0.1, 0.15) is 11.3 Å². The summed E-state index contributed by atoms with van der Waals surface area (Å²) in [5.74, 6) is -0.107. The SMILES string of the molecule is CNCc1cccc(F)c1OCc1cn(C)nn1. The first-order valence-electron chi connectivity index (χ1n) is 5.60. The second-order valence-electron chi connectivity index (χ2n) is 3.93. The minimum Gasteiger partial charge on any atom is -0.484 e. The highest BCUT2D eigenvalue weighted by molar-refractivity contribution is 5.35. The highest BCUT2D eigenvalue weighted by Crippen LogP contribution is 2.23. The fourth-order valence-electron chi connectivity index (χ4n) is 1.65. The van der Waals surface area contributed by atoms with Crippen molar-refractivity contribution in [2.75, 3.05) is 7.05 Å². The molecule has 96 valence electrons. The highest BCUT2D eigenvalue weighted by Gasteiger charge is 2.10. The largest absolute Gasteiger partial charge is 0.484 e. The molecule has 0 radical (unpaired) electrons. The van der Waals surface area contributed by atoms with Gasteiger partial charge in [0.05, 0.1) is 6.20 Å². The third kappa shape index (κ3) is 2.84. The van der Waals surface area contributed by atoms with Crippen LogP contribution in [0.3, 0.4) is 0 Å². The van der Waals surface area contributed by atoms with Gasteiger partial charge in [0.25, 0.3) is 0 Å². The van der Waals surface area contributed by atoms with Crippen molar-refractivity contribution in [3.8, 4) is 5.75 Å². The maximum absolute atomic E-state index is 13.7. The molecule has 0 aliphatic rings.